The largest absolute Gasteiger partial charge is 0.376 e. The Balaban J connectivity index is 2.12. The summed E-state index contributed by atoms with van der Waals surface area (Å²) < 4.78 is 5.81. The van der Waals surface area contributed by atoms with Gasteiger partial charge in [-0.05, 0) is 44.9 Å². The Kier molecular flexibility index (Phi) is 5.49. The molecule has 4 unspecified atom stereocenters. The van der Waals surface area contributed by atoms with E-state index in [9.17, 15) is 0 Å². The van der Waals surface area contributed by atoms with Crippen molar-refractivity contribution in [2.45, 2.75) is 77.5 Å². The molecule has 1 saturated heterocycles. The maximum absolute atomic E-state index is 6.29. The van der Waals surface area contributed by atoms with Crippen LogP contribution in [0, 0.1) is 11.8 Å². The zero-order valence-electron chi connectivity index (χ0n) is 13.9. The fourth-order valence-electron chi connectivity index (χ4n) is 4.26. The fraction of sp³-hybridized carbons (Fsp3) is 1.00. The molecule has 2 N–H and O–H groups in total. The standard InChI is InChI=1S/C17H34N2O/c1-13(2)16-6-5-8-17(12-18,9-7-16)19-10-15(4)20-11-14(19)3/h13-16H,5-12,18H2,1-4H3. The van der Waals surface area contributed by atoms with Gasteiger partial charge in [-0.2, -0.15) is 0 Å². The summed E-state index contributed by atoms with van der Waals surface area (Å²) in [7, 11) is 0. The van der Waals surface area contributed by atoms with Crippen molar-refractivity contribution < 1.29 is 4.74 Å². The quantitative estimate of drug-likeness (QED) is 0.809. The first kappa shape index (κ1) is 16.3. The first-order valence-electron chi connectivity index (χ1n) is 8.57. The summed E-state index contributed by atoms with van der Waals surface area (Å²) in [6, 6.07) is 0.505. The third kappa shape index (κ3) is 3.37. The lowest BCUT2D eigenvalue weighted by atomic mass is 9.84. The molecule has 0 amide bonds. The number of morpholine rings is 1. The highest BCUT2D eigenvalue weighted by Crippen LogP contribution is 2.38. The summed E-state index contributed by atoms with van der Waals surface area (Å²) in [5.41, 5.74) is 6.51. The van der Waals surface area contributed by atoms with Crippen molar-refractivity contribution in [3.8, 4) is 0 Å². The van der Waals surface area contributed by atoms with Gasteiger partial charge in [0.1, 0.15) is 0 Å². The van der Waals surface area contributed by atoms with Crippen LogP contribution in [-0.4, -0.2) is 42.3 Å². The van der Waals surface area contributed by atoms with Crippen LogP contribution in [0.4, 0.5) is 0 Å². The van der Waals surface area contributed by atoms with E-state index in [2.05, 4.69) is 32.6 Å². The van der Waals surface area contributed by atoms with Crippen LogP contribution in [0.15, 0.2) is 0 Å². The van der Waals surface area contributed by atoms with Gasteiger partial charge in [0, 0.05) is 24.7 Å². The summed E-state index contributed by atoms with van der Waals surface area (Å²) >= 11 is 0. The maximum Gasteiger partial charge on any atom is 0.0675 e. The van der Waals surface area contributed by atoms with Gasteiger partial charge in [-0.15, -0.1) is 0 Å². The summed E-state index contributed by atoms with van der Waals surface area (Å²) in [5.74, 6) is 1.70. The van der Waals surface area contributed by atoms with E-state index in [-0.39, 0.29) is 5.54 Å². The van der Waals surface area contributed by atoms with E-state index in [1.807, 2.05) is 0 Å². The minimum Gasteiger partial charge on any atom is -0.376 e. The van der Waals surface area contributed by atoms with Gasteiger partial charge in [0.05, 0.1) is 12.7 Å². The van der Waals surface area contributed by atoms with Gasteiger partial charge in [0.15, 0.2) is 0 Å². The molecule has 0 aromatic rings. The van der Waals surface area contributed by atoms with Gasteiger partial charge in [-0.3, -0.25) is 4.90 Å². The molecule has 2 aliphatic rings. The summed E-state index contributed by atoms with van der Waals surface area (Å²) in [4.78, 5) is 2.68. The number of hydrogen-bond donors (Lipinski definition) is 1. The lowest BCUT2D eigenvalue weighted by molar-refractivity contribution is -0.0967. The van der Waals surface area contributed by atoms with Crippen LogP contribution in [0.5, 0.6) is 0 Å². The molecular formula is C17H34N2O. The number of nitrogens with two attached hydrogens (primary N) is 1. The monoisotopic (exact) mass is 282 g/mol. The number of hydrogen-bond acceptors (Lipinski definition) is 3. The fourth-order valence-corrected chi connectivity index (χ4v) is 4.26. The normalized spacial score (nSPS) is 40.8. The van der Waals surface area contributed by atoms with E-state index in [4.69, 9.17) is 10.5 Å². The molecule has 3 heteroatoms. The summed E-state index contributed by atoms with van der Waals surface area (Å²) in [5, 5.41) is 0. The minimum atomic E-state index is 0.223. The van der Waals surface area contributed by atoms with Crippen LogP contribution in [0.2, 0.25) is 0 Å². The Morgan fingerprint density at radius 3 is 2.65 bits per heavy atom. The molecule has 1 aliphatic heterocycles. The Morgan fingerprint density at radius 1 is 1.25 bits per heavy atom. The molecule has 20 heavy (non-hydrogen) atoms. The average molecular weight is 282 g/mol. The van der Waals surface area contributed by atoms with Crippen molar-refractivity contribution in [1.82, 2.24) is 4.90 Å². The highest BCUT2D eigenvalue weighted by molar-refractivity contribution is 4.98. The molecule has 0 aromatic heterocycles. The maximum atomic E-state index is 6.29. The van der Waals surface area contributed by atoms with Crippen molar-refractivity contribution in [3.63, 3.8) is 0 Å². The van der Waals surface area contributed by atoms with Crippen LogP contribution in [0.3, 0.4) is 0 Å². The van der Waals surface area contributed by atoms with E-state index in [0.717, 1.165) is 31.5 Å². The van der Waals surface area contributed by atoms with Crippen LogP contribution >= 0.6 is 0 Å². The topological polar surface area (TPSA) is 38.5 Å². The van der Waals surface area contributed by atoms with E-state index >= 15 is 0 Å². The molecule has 2 rings (SSSR count). The van der Waals surface area contributed by atoms with E-state index in [1.54, 1.807) is 0 Å². The lowest BCUT2D eigenvalue weighted by Crippen LogP contribution is -2.62. The third-order valence-electron chi connectivity index (χ3n) is 5.74. The molecule has 2 fully saturated rings. The number of ether oxygens (including phenoxy) is 1. The van der Waals surface area contributed by atoms with Gasteiger partial charge in [0.25, 0.3) is 0 Å². The van der Waals surface area contributed by atoms with Crippen molar-refractivity contribution >= 4 is 0 Å². The molecule has 1 saturated carbocycles. The third-order valence-corrected chi connectivity index (χ3v) is 5.74. The second kappa shape index (κ2) is 6.76. The molecule has 1 aliphatic carbocycles. The van der Waals surface area contributed by atoms with Gasteiger partial charge < -0.3 is 10.5 Å². The van der Waals surface area contributed by atoms with E-state index < -0.39 is 0 Å². The first-order valence-corrected chi connectivity index (χ1v) is 8.57. The zero-order chi connectivity index (χ0) is 14.8. The average Bonchev–Trinajstić information content (AvgIpc) is 2.65. The van der Waals surface area contributed by atoms with Crippen LogP contribution in [0.1, 0.15) is 59.8 Å². The molecule has 0 bridgehead atoms. The predicted octanol–water partition coefficient (Wildman–Crippen LogP) is 3.03. The Labute approximate surface area is 125 Å². The van der Waals surface area contributed by atoms with Crippen molar-refractivity contribution in [2.75, 3.05) is 19.7 Å². The molecule has 0 aromatic carbocycles. The van der Waals surface area contributed by atoms with Crippen molar-refractivity contribution in [2.24, 2.45) is 17.6 Å². The number of rotatable bonds is 3. The molecule has 0 spiro atoms. The van der Waals surface area contributed by atoms with Crippen LogP contribution in [0.25, 0.3) is 0 Å². The second-order valence-electron chi connectivity index (χ2n) is 7.51. The van der Waals surface area contributed by atoms with Crippen molar-refractivity contribution in [1.29, 1.82) is 0 Å². The summed E-state index contributed by atoms with van der Waals surface area (Å²) in [6.45, 7) is 11.9. The van der Waals surface area contributed by atoms with Crippen molar-refractivity contribution in [3.05, 3.63) is 0 Å². The van der Waals surface area contributed by atoms with Gasteiger partial charge in [-0.1, -0.05) is 26.7 Å². The van der Waals surface area contributed by atoms with E-state index in [0.29, 0.717) is 12.1 Å². The first-order chi connectivity index (χ1) is 9.48. The highest BCUT2D eigenvalue weighted by Gasteiger charge is 2.42. The molecule has 1 heterocycles. The minimum absolute atomic E-state index is 0.223. The van der Waals surface area contributed by atoms with E-state index in [1.165, 1.54) is 32.1 Å². The Morgan fingerprint density at radius 2 is 2.00 bits per heavy atom. The summed E-state index contributed by atoms with van der Waals surface area (Å²) in [6.07, 6.45) is 6.94. The second-order valence-corrected chi connectivity index (χ2v) is 7.51. The SMILES string of the molecule is CC1CN(C2(CN)CCCC(C(C)C)CC2)C(C)CO1. The smallest absolute Gasteiger partial charge is 0.0675 e. The molecule has 3 nitrogen and oxygen atoms in total. The van der Waals surface area contributed by atoms with Gasteiger partial charge in [-0.25, -0.2) is 0 Å². The molecular weight excluding hydrogens is 248 g/mol. The lowest BCUT2D eigenvalue weighted by Gasteiger charge is -2.50. The predicted molar refractivity (Wildman–Crippen MR) is 84.8 cm³/mol. The Hall–Kier alpha value is -0.120. The van der Waals surface area contributed by atoms with Crippen LogP contribution in [-0.2, 0) is 4.74 Å². The van der Waals surface area contributed by atoms with Gasteiger partial charge >= 0.3 is 0 Å². The molecule has 118 valence electrons. The van der Waals surface area contributed by atoms with Gasteiger partial charge in [0.2, 0.25) is 0 Å². The molecule has 4 atom stereocenters. The highest BCUT2D eigenvalue weighted by atomic mass is 16.5. The Bertz CT molecular complexity index is 307. The molecule has 0 radical (unpaired) electrons. The number of nitrogens with zero attached hydrogens (tertiary/aromatic N) is 1. The van der Waals surface area contributed by atoms with Crippen LogP contribution < -0.4 is 5.73 Å². The zero-order valence-corrected chi connectivity index (χ0v) is 13.9.